The lowest BCUT2D eigenvalue weighted by Gasteiger charge is -2.34. The van der Waals surface area contributed by atoms with Crippen LogP contribution in [0.1, 0.15) is 137 Å². The largest absolute Gasteiger partial charge is 0.460 e. The number of hydrogen-bond acceptors (Lipinski definition) is 6. The van der Waals surface area contributed by atoms with Gasteiger partial charge in [0.25, 0.3) is 0 Å². The molecule has 0 amide bonds. The van der Waals surface area contributed by atoms with Crippen LogP contribution in [0.3, 0.4) is 0 Å². The van der Waals surface area contributed by atoms with E-state index in [4.69, 9.17) is 18.9 Å². The molecule has 0 fully saturated rings. The van der Waals surface area contributed by atoms with E-state index in [9.17, 15) is 9.36 Å². The average molecular weight is 546 g/mol. The molecule has 0 aromatic carbocycles. The maximum atomic E-state index is 13.6. The summed E-state index contributed by atoms with van der Waals surface area (Å²) in [6.45, 7) is 15.5. The Hall–Kier alpha value is -0.650. The summed E-state index contributed by atoms with van der Waals surface area (Å²) in [4.78, 5) is 12.9. The van der Waals surface area contributed by atoms with Crippen molar-refractivity contribution < 1.29 is 28.3 Å². The van der Waals surface area contributed by atoms with E-state index in [1.165, 1.54) is 0 Å². The summed E-state index contributed by atoms with van der Waals surface area (Å²) >= 11 is 0. The normalized spacial score (nSPS) is 13.1. The van der Waals surface area contributed by atoms with Crippen LogP contribution >= 0.6 is 7.80 Å². The van der Waals surface area contributed by atoms with E-state index in [0.29, 0.717) is 26.4 Å². The summed E-state index contributed by atoms with van der Waals surface area (Å²) in [6, 6.07) is 0. The van der Waals surface area contributed by atoms with Crippen molar-refractivity contribution in [1.82, 2.24) is 0 Å². The third-order valence-electron chi connectivity index (χ3n) is 6.26. The molecular formula is C30H58O6P+. The Morgan fingerprint density at radius 2 is 1.00 bits per heavy atom. The molecule has 0 aromatic heterocycles. The number of rotatable bonds is 28. The summed E-state index contributed by atoms with van der Waals surface area (Å²) in [5, 5.41) is 0. The molecule has 0 heterocycles. The molecule has 2 atom stereocenters. The summed E-state index contributed by atoms with van der Waals surface area (Å²) in [7, 11) is -2.53. The molecule has 0 aliphatic heterocycles. The highest BCUT2D eigenvalue weighted by atomic mass is 31.1. The third kappa shape index (κ3) is 16.8. The van der Waals surface area contributed by atoms with Crippen LogP contribution < -0.4 is 0 Å². The van der Waals surface area contributed by atoms with Crippen LogP contribution in [-0.4, -0.2) is 43.8 Å². The lowest BCUT2D eigenvalue weighted by Crippen LogP contribution is -2.51. The van der Waals surface area contributed by atoms with Gasteiger partial charge in [0.2, 0.25) is 0 Å². The molecule has 0 aromatic rings. The molecule has 0 saturated carbocycles. The van der Waals surface area contributed by atoms with Crippen molar-refractivity contribution in [2.24, 2.45) is 0 Å². The van der Waals surface area contributed by atoms with Gasteiger partial charge in [0.05, 0.1) is 26.4 Å². The fourth-order valence-electron chi connectivity index (χ4n) is 3.90. The SMILES string of the molecule is C=C(C)C(=O)[P+](=O)C(OCCCCCC)C(OCCCCCC)(OCCCCCC)OCCCCCC. The Morgan fingerprint density at radius 1 is 0.649 bits per heavy atom. The average Bonchev–Trinajstić information content (AvgIpc) is 2.89. The van der Waals surface area contributed by atoms with Crippen LogP contribution in [0, 0.1) is 0 Å². The van der Waals surface area contributed by atoms with Crippen molar-refractivity contribution >= 4 is 13.3 Å². The van der Waals surface area contributed by atoms with Crippen LogP contribution in [0.25, 0.3) is 0 Å². The van der Waals surface area contributed by atoms with Crippen molar-refractivity contribution in [2.75, 3.05) is 26.4 Å². The van der Waals surface area contributed by atoms with E-state index in [1.807, 2.05) is 0 Å². The molecule has 0 bridgehead atoms. The second-order valence-corrected chi connectivity index (χ2v) is 11.6. The van der Waals surface area contributed by atoms with E-state index >= 15 is 0 Å². The van der Waals surface area contributed by atoms with Gasteiger partial charge in [-0.3, -0.25) is 0 Å². The summed E-state index contributed by atoms with van der Waals surface area (Å²) in [5.74, 6) is -2.81. The second kappa shape index (κ2) is 24.4. The molecule has 2 unspecified atom stereocenters. The van der Waals surface area contributed by atoms with Crippen LogP contribution in [-0.2, 0) is 28.3 Å². The zero-order valence-corrected chi connectivity index (χ0v) is 25.7. The fourth-order valence-corrected chi connectivity index (χ4v) is 5.24. The minimum atomic E-state index is -2.53. The first-order valence-electron chi connectivity index (χ1n) is 15.1. The Balaban J connectivity index is 5.96. The predicted molar refractivity (Wildman–Crippen MR) is 154 cm³/mol. The monoisotopic (exact) mass is 545 g/mol. The number of allylic oxidation sites excluding steroid dienone is 1. The lowest BCUT2D eigenvalue weighted by molar-refractivity contribution is -0.404. The molecular weight excluding hydrogens is 487 g/mol. The molecule has 0 aliphatic carbocycles. The molecule has 0 N–H and O–H groups in total. The molecule has 6 nitrogen and oxygen atoms in total. The predicted octanol–water partition coefficient (Wildman–Crippen LogP) is 9.28. The fraction of sp³-hybridized carbons (Fsp3) is 0.900. The molecule has 0 aliphatic rings. The van der Waals surface area contributed by atoms with Gasteiger partial charge in [-0.25, -0.2) is 4.79 Å². The molecule has 0 radical (unpaired) electrons. The van der Waals surface area contributed by atoms with Gasteiger partial charge in [0.1, 0.15) is 0 Å². The van der Waals surface area contributed by atoms with E-state index in [1.54, 1.807) is 6.92 Å². The van der Waals surface area contributed by atoms with Gasteiger partial charge in [0.15, 0.2) is 0 Å². The van der Waals surface area contributed by atoms with Crippen molar-refractivity contribution in [3.05, 3.63) is 12.2 Å². The van der Waals surface area contributed by atoms with E-state index < -0.39 is 25.1 Å². The Kier molecular flexibility index (Phi) is 24.0. The molecule has 0 saturated heterocycles. The number of hydrogen-bond donors (Lipinski definition) is 0. The van der Waals surface area contributed by atoms with Crippen LogP contribution in [0.4, 0.5) is 0 Å². The first-order chi connectivity index (χ1) is 17.9. The zero-order valence-electron chi connectivity index (χ0n) is 24.8. The summed E-state index contributed by atoms with van der Waals surface area (Å²) in [6.07, 6.45) is 16.3. The number of ether oxygens (including phenoxy) is 4. The maximum Gasteiger partial charge on any atom is 0.460 e. The highest BCUT2D eigenvalue weighted by molar-refractivity contribution is 7.65. The molecule has 7 heteroatoms. The minimum Gasteiger partial charge on any atom is -0.328 e. The number of unbranched alkanes of at least 4 members (excludes halogenated alkanes) is 12. The van der Waals surface area contributed by atoms with Gasteiger partial charge >= 0.3 is 25.1 Å². The summed E-state index contributed by atoms with van der Waals surface area (Å²) in [5.41, 5.74) is -0.278. The van der Waals surface area contributed by atoms with Crippen LogP contribution in [0.15, 0.2) is 12.2 Å². The highest BCUT2D eigenvalue weighted by Crippen LogP contribution is 2.43. The minimum absolute atomic E-state index is 0.239. The highest BCUT2D eigenvalue weighted by Gasteiger charge is 2.59. The van der Waals surface area contributed by atoms with Gasteiger partial charge in [-0.15, -0.1) is 0 Å². The zero-order chi connectivity index (χ0) is 27.8. The van der Waals surface area contributed by atoms with Crippen molar-refractivity contribution in [1.29, 1.82) is 0 Å². The van der Waals surface area contributed by atoms with E-state index in [2.05, 4.69) is 34.3 Å². The lowest BCUT2D eigenvalue weighted by atomic mass is 10.2. The summed E-state index contributed by atoms with van der Waals surface area (Å²) < 4.78 is 38.9. The van der Waals surface area contributed by atoms with Gasteiger partial charge in [0, 0.05) is 5.57 Å². The molecule has 218 valence electrons. The van der Waals surface area contributed by atoms with E-state index in [0.717, 1.165) is 103 Å². The smallest absolute Gasteiger partial charge is 0.328 e. The van der Waals surface area contributed by atoms with Gasteiger partial charge in [-0.1, -0.05) is 116 Å². The number of carbonyl (C=O) groups excluding carboxylic acids is 1. The van der Waals surface area contributed by atoms with Gasteiger partial charge in [-0.2, -0.15) is 0 Å². The van der Waals surface area contributed by atoms with E-state index in [-0.39, 0.29) is 5.57 Å². The first kappa shape index (κ1) is 36.4. The van der Waals surface area contributed by atoms with Gasteiger partial charge in [-0.05, 0) is 32.6 Å². The van der Waals surface area contributed by atoms with Crippen LogP contribution in [0.5, 0.6) is 0 Å². The van der Waals surface area contributed by atoms with Crippen molar-refractivity contribution in [3.8, 4) is 0 Å². The Morgan fingerprint density at radius 3 is 1.32 bits per heavy atom. The standard InChI is InChI=1S/C30H58O6P/c1-7-11-15-19-23-33-29(37(32)28(31)27(5)6)30(34-24-20-16-12-8-2,35-25-21-17-13-9-3)36-26-22-18-14-10-4/h29H,5,7-26H2,1-4,6H3/q+1. The maximum absolute atomic E-state index is 13.6. The molecule has 0 spiro atoms. The number of carbonyl (C=O) groups is 1. The Bertz CT molecular complexity index is 559. The van der Waals surface area contributed by atoms with Gasteiger partial charge < -0.3 is 18.9 Å². The quantitative estimate of drug-likeness (QED) is 0.0422. The van der Waals surface area contributed by atoms with Crippen molar-refractivity contribution in [2.45, 2.75) is 149 Å². The second-order valence-electron chi connectivity index (χ2n) is 10.0. The molecule has 0 rings (SSSR count). The topological polar surface area (TPSA) is 71.1 Å². The van der Waals surface area contributed by atoms with Crippen molar-refractivity contribution in [3.63, 3.8) is 0 Å². The Labute approximate surface area is 229 Å². The first-order valence-corrected chi connectivity index (χ1v) is 16.4. The van der Waals surface area contributed by atoms with Crippen LogP contribution in [0.2, 0.25) is 0 Å². The molecule has 37 heavy (non-hydrogen) atoms. The third-order valence-corrected chi connectivity index (χ3v) is 7.93.